The number of pyridine rings is 1. The first kappa shape index (κ1) is 12.5. The quantitative estimate of drug-likeness (QED) is 0.836. The lowest BCUT2D eigenvalue weighted by Crippen LogP contribution is -2.09. The van der Waals surface area contributed by atoms with Gasteiger partial charge in [0.2, 0.25) is 5.88 Å². The van der Waals surface area contributed by atoms with Crippen molar-refractivity contribution in [2.45, 2.75) is 19.9 Å². The van der Waals surface area contributed by atoms with Gasteiger partial charge >= 0.3 is 0 Å². The van der Waals surface area contributed by atoms with Gasteiger partial charge in [-0.05, 0) is 12.5 Å². The number of aromatic nitrogens is 3. The molecule has 0 amide bonds. The Hall–Kier alpha value is -1.95. The zero-order valence-corrected chi connectivity index (χ0v) is 10.9. The van der Waals surface area contributed by atoms with Crippen LogP contribution in [0.2, 0.25) is 0 Å². The molecule has 0 aromatic carbocycles. The third-order valence-corrected chi connectivity index (χ3v) is 2.54. The lowest BCUT2D eigenvalue weighted by molar-refractivity contribution is 0.461. The molecule has 0 fully saturated rings. The van der Waals surface area contributed by atoms with Crippen molar-refractivity contribution in [2.75, 3.05) is 0 Å². The van der Waals surface area contributed by atoms with E-state index in [-0.39, 0.29) is 0 Å². The second-order valence-corrected chi connectivity index (χ2v) is 4.23. The van der Waals surface area contributed by atoms with Crippen molar-refractivity contribution in [1.29, 1.82) is 0 Å². The Balaban J connectivity index is 2.12. The summed E-state index contributed by atoms with van der Waals surface area (Å²) in [6.45, 7) is 2.96. The highest BCUT2D eigenvalue weighted by Gasteiger charge is 2.04. The van der Waals surface area contributed by atoms with Gasteiger partial charge in [0.25, 0.3) is 0 Å². The van der Waals surface area contributed by atoms with Gasteiger partial charge in [-0.3, -0.25) is 4.68 Å². The van der Waals surface area contributed by atoms with Gasteiger partial charge in [-0.25, -0.2) is 4.98 Å². The van der Waals surface area contributed by atoms with Crippen LogP contribution in [-0.4, -0.2) is 19.8 Å². The Labute approximate surface area is 111 Å². The first-order valence-corrected chi connectivity index (χ1v) is 6.06. The van der Waals surface area contributed by atoms with E-state index in [4.69, 9.17) is 22.7 Å². The van der Waals surface area contributed by atoms with Crippen LogP contribution in [0.3, 0.4) is 0 Å². The van der Waals surface area contributed by atoms with E-state index in [1.165, 1.54) is 0 Å². The Morgan fingerprint density at radius 3 is 3.11 bits per heavy atom. The fourth-order valence-electron chi connectivity index (χ4n) is 1.49. The minimum absolute atomic E-state index is 0.323. The summed E-state index contributed by atoms with van der Waals surface area (Å²) in [7, 11) is 0. The maximum absolute atomic E-state index is 5.59. The first-order chi connectivity index (χ1) is 8.69. The van der Waals surface area contributed by atoms with Gasteiger partial charge in [-0.2, -0.15) is 5.10 Å². The Bertz CT molecular complexity index is 553. The van der Waals surface area contributed by atoms with Crippen LogP contribution in [0.15, 0.2) is 30.7 Å². The second kappa shape index (κ2) is 5.59. The predicted octanol–water partition coefficient (Wildman–Crippen LogP) is 2.11. The number of hydrogen-bond acceptors (Lipinski definition) is 4. The molecule has 0 unspecified atom stereocenters. The summed E-state index contributed by atoms with van der Waals surface area (Å²) in [6.07, 6.45) is 6.12. The normalized spacial score (nSPS) is 10.3. The van der Waals surface area contributed by atoms with Crippen LogP contribution in [0.1, 0.15) is 18.9 Å². The van der Waals surface area contributed by atoms with E-state index in [1.807, 2.05) is 10.9 Å². The average Bonchev–Trinajstić information content (AvgIpc) is 2.77. The van der Waals surface area contributed by atoms with Crippen molar-refractivity contribution in [3.05, 3.63) is 36.3 Å². The summed E-state index contributed by atoms with van der Waals surface area (Å²) < 4.78 is 7.41. The highest BCUT2D eigenvalue weighted by atomic mass is 32.1. The van der Waals surface area contributed by atoms with E-state index in [1.54, 1.807) is 24.5 Å². The molecule has 2 aromatic heterocycles. The zero-order chi connectivity index (χ0) is 13.0. The fraction of sp³-hybridized carbons (Fsp3) is 0.250. The van der Waals surface area contributed by atoms with Gasteiger partial charge in [0.15, 0.2) is 5.75 Å². The zero-order valence-electron chi connectivity index (χ0n) is 10.0. The van der Waals surface area contributed by atoms with Crippen LogP contribution in [0.5, 0.6) is 11.6 Å². The van der Waals surface area contributed by atoms with E-state index in [2.05, 4.69) is 17.0 Å². The minimum Gasteiger partial charge on any atom is -0.436 e. The van der Waals surface area contributed by atoms with Crippen molar-refractivity contribution in [3.63, 3.8) is 0 Å². The molecule has 0 radical (unpaired) electrons. The monoisotopic (exact) mass is 262 g/mol. The summed E-state index contributed by atoms with van der Waals surface area (Å²) in [5.41, 5.74) is 6.28. The average molecular weight is 262 g/mol. The van der Waals surface area contributed by atoms with Crippen LogP contribution in [-0.2, 0) is 6.54 Å². The van der Waals surface area contributed by atoms with E-state index < -0.39 is 0 Å². The molecular weight excluding hydrogens is 248 g/mol. The molecule has 0 aliphatic heterocycles. The first-order valence-electron chi connectivity index (χ1n) is 5.65. The number of nitrogens with two attached hydrogens (primary N) is 1. The minimum atomic E-state index is 0.323. The van der Waals surface area contributed by atoms with Crippen molar-refractivity contribution in [3.8, 4) is 11.6 Å². The molecule has 94 valence electrons. The van der Waals surface area contributed by atoms with Gasteiger partial charge in [-0.1, -0.05) is 19.1 Å². The van der Waals surface area contributed by atoms with E-state index in [9.17, 15) is 0 Å². The molecular formula is C12H14N4OS. The summed E-state index contributed by atoms with van der Waals surface area (Å²) >= 11 is 4.90. The molecule has 18 heavy (non-hydrogen) atoms. The van der Waals surface area contributed by atoms with Gasteiger partial charge < -0.3 is 10.5 Å². The molecule has 0 saturated carbocycles. The molecule has 2 N–H and O–H groups in total. The molecule has 0 atom stereocenters. The van der Waals surface area contributed by atoms with Crippen LogP contribution >= 0.6 is 12.2 Å². The Morgan fingerprint density at radius 1 is 1.56 bits per heavy atom. The molecule has 2 rings (SSSR count). The lowest BCUT2D eigenvalue weighted by Gasteiger charge is -2.03. The lowest BCUT2D eigenvalue weighted by atomic mass is 10.3. The highest BCUT2D eigenvalue weighted by Crippen LogP contribution is 2.19. The van der Waals surface area contributed by atoms with Crippen molar-refractivity contribution in [2.24, 2.45) is 5.73 Å². The summed E-state index contributed by atoms with van der Waals surface area (Å²) in [6, 6.07) is 3.45. The number of thiocarbonyl (C=S) groups is 1. The maximum Gasteiger partial charge on any atom is 0.220 e. The van der Waals surface area contributed by atoms with Crippen molar-refractivity contribution in [1.82, 2.24) is 14.8 Å². The second-order valence-electron chi connectivity index (χ2n) is 3.79. The fourth-order valence-corrected chi connectivity index (χ4v) is 1.61. The standard InChI is InChI=1S/C12H14N4OS/c1-2-5-16-8-10(7-15-16)17-11-6-9(12(13)18)3-4-14-11/h3-4,6-8H,2,5H2,1H3,(H2,13,18). The molecule has 5 nitrogen and oxygen atoms in total. The molecule has 2 aromatic rings. The van der Waals surface area contributed by atoms with Crippen molar-refractivity contribution < 1.29 is 4.74 Å². The van der Waals surface area contributed by atoms with E-state index >= 15 is 0 Å². The molecule has 6 heteroatoms. The number of rotatable bonds is 5. The van der Waals surface area contributed by atoms with E-state index in [0.29, 0.717) is 16.6 Å². The number of hydrogen-bond donors (Lipinski definition) is 1. The van der Waals surface area contributed by atoms with Crippen LogP contribution < -0.4 is 10.5 Å². The molecule has 0 aliphatic carbocycles. The third kappa shape index (κ3) is 3.04. The maximum atomic E-state index is 5.59. The van der Waals surface area contributed by atoms with Gasteiger partial charge in [0, 0.05) is 24.4 Å². The van der Waals surface area contributed by atoms with Crippen LogP contribution in [0.25, 0.3) is 0 Å². The number of ether oxygens (including phenoxy) is 1. The van der Waals surface area contributed by atoms with Crippen LogP contribution in [0, 0.1) is 0 Å². The summed E-state index contributed by atoms with van der Waals surface area (Å²) in [4.78, 5) is 4.42. The van der Waals surface area contributed by atoms with Gasteiger partial charge in [-0.15, -0.1) is 0 Å². The largest absolute Gasteiger partial charge is 0.436 e. The molecule has 2 heterocycles. The molecule has 0 aliphatic rings. The summed E-state index contributed by atoms with van der Waals surface area (Å²) in [5, 5.41) is 4.17. The van der Waals surface area contributed by atoms with E-state index in [0.717, 1.165) is 18.5 Å². The topological polar surface area (TPSA) is 66.0 Å². The molecule has 0 spiro atoms. The summed E-state index contributed by atoms with van der Waals surface area (Å²) in [5.74, 6) is 1.10. The third-order valence-electron chi connectivity index (χ3n) is 2.30. The highest BCUT2D eigenvalue weighted by molar-refractivity contribution is 7.80. The Kier molecular flexibility index (Phi) is 3.88. The van der Waals surface area contributed by atoms with Crippen molar-refractivity contribution >= 4 is 17.2 Å². The van der Waals surface area contributed by atoms with Gasteiger partial charge in [0.1, 0.15) is 4.99 Å². The molecule has 0 bridgehead atoms. The SMILES string of the molecule is CCCn1cc(Oc2cc(C(N)=S)ccn2)cn1. The number of nitrogens with zero attached hydrogens (tertiary/aromatic N) is 3. The van der Waals surface area contributed by atoms with Crippen LogP contribution in [0.4, 0.5) is 0 Å². The van der Waals surface area contributed by atoms with Gasteiger partial charge in [0.05, 0.1) is 12.4 Å². The Morgan fingerprint density at radius 2 is 2.39 bits per heavy atom. The predicted molar refractivity (Wildman–Crippen MR) is 72.7 cm³/mol. The molecule has 0 saturated heterocycles. The smallest absolute Gasteiger partial charge is 0.220 e. The number of aryl methyl sites for hydroxylation is 1.